The topological polar surface area (TPSA) is 17.1 Å². The largest absolute Gasteiger partial charge is 0.294 e. The molecule has 0 fully saturated rings. The average Bonchev–Trinajstić information content (AvgIpc) is 2.06. The van der Waals surface area contributed by atoms with Gasteiger partial charge in [-0.3, -0.25) is 4.79 Å². The fourth-order valence-electron chi connectivity index (χ4n) is 1.47. The number of hydrogen-bond donors (Lipinski definition) is 1. The van der Waals surface area contributed by atoms with E-state index in [2.05, 4.69) is 19.6 Å². The molecule has 68 valence electrons. The normalized spacial score (nSPS) is 21.4. The van der Waals surface area contributed by atoms with Gasteiger partial charge in [-0.1, -0.05) is 6.92 Å². The maximum Gasteiger partial charge on any atom is 0.165 e. The molecule has 0 spiro atoms. The van der Waals surface area contributed by atoms with Crippen molar-refractivity contribution in [1.82, 2.24) is 0 Å². The molecule has 0 saturated heterocycles. The van der Waals surface area contributed by atoms with Gasteiger partial charge in [0.15, 0.2) is 5.78 Å². The molecule has 0 saturated carbocycles. The molecule has 1 nitrogen and oxygen atoms in total. The predicted octanol–water partition coefficient (Wildman–Crippen LogP) is 3.04. The Balaban J connectivity index is 2.49. The van der Waals surface area contributed by atoms with Crippen LogP contribution in [0.2, 0.25) is 0 Å². The smallest absolute Gasteiger partial charge is 0.165 e. The summed E-state index contributed by atoms with van der Waals surface area (Å²) >= 11 is 5.99. The Morgan fingerprint density at radius 2 is 2.31 bits per heavy atom. The molecule has 1 unspecified atom stereocenters. The van der Waals surface area contributed by atoms with E-state index in [-0.39, 0.29) is 5.78 Å². The van der Waals surface area contributed by atoms with Crippen LogP contribution in [0.25, 0.3) is 0 Å². The molecule has 0 radical (unpaired) electrons. The molecule has 0 bridgehead atoms. The van der Waals surface area contributed by atoms with E-state index in [0.29, 0.717) is 11.7 Å². The van der Waals surface area contributed by atoms with Crippen LogP contribution in [-0.2, 0) is 0 Å². The van der Waals surface area contributed by atoms with Gasteiger partial charge in [0.2, 0.25) is 0 Å². The van der Waals surface area contributed by atoms with Gasteiger partial charge in [-0.2, -0.15) is 0 Å². The van der Waals surface area contributed by atoms with E-state index < -0.39 is 0 Å². The number of rotatable bonds is 0. The zero-order valence-electron chi connectivity index (χ0n) is 7.28. The molecule has 0 N–H and O–H groups in total. The highest BCUT2D eigenvalue weighted by atomic mass is 32.2. The van der Waals surface area contributed by atoms with Crippen LogP contribution in [0.3, 0.4) is 0 Å². The van der Waals surface area contributed by atoms with Crippen LogP contribution in [0.4, 0.5) is 0 Å². The Morgan fingerprint density at radius 3 is 3.08 bits per heavy atom. The van der Waals surface area contributed by atoms with E-state index in [0.717, 1.165) is 15.4 Å². The molecule has 0 aliphatic carbocycles. The molecule has 1 aromatic carbocycles. The van der Waals surface area contributed by atoms with Crippen molar-refractivity contribution in [2.45, 2.75) is 28.4 Å². The summed E-state index contributed by atoms with van der Waals surface area (Å²) in [6.45, 7) is 2.08. The number of hydrogen-bond acceptors (Lipinski definition) is 3. The van der Waals surface area contributed by atoms with E-state index in [4.69, 9.17) is 0 Å². The minimum Gasteiger partial charge on any atom is -0.294 e. The Morgan fingerprint density at radius 1 is 1.54 bits per heavy atom. The zero-order valence-corrected chi connectivity index (χ0v) is 8.99. The van der Waals surface area contributed by atoms with Crippen molar-refractivity contribution >= 4 is 30.2 Å². The van der Waals surface area contributed by atoms with Crippen LogP contribution in [0, 0.1) is 0 Å². The number of benzene rings is 1. The van der Waals surface area contributed by atoms with Gasteiger partial charge in [0.1, 0.15) is 0 Å². The van der Waals surface area contributed by atoms with Crippen LogP contribution in [0.5, 0.6) is 0 Å². The standard InChI is InChI=1S/C10H10OS2/c1-6-4-9(11)8-5-7(12)2-3-10(8)13-6/h2-3,5-6,12H,4H2,1H3. The molecule has 13 heavy (non-hydrogen) atoms. The van der Waals surface area contributed by atoms with Crippen molar-refractivity contribution in [2.24, 2.45) is 0 Å². The Hall–Kier alpha value is -0.410. The second-order valence-corrected chi connectivity index (χ2v) is 5.23. The zero-order chi connectivity index (χ0) is 9.42. The summed E-state index contributed by atoms with van der Waals surface area (Å²) in [5.41, 5.74) is 0.843. The molecule has 1 aromatic rings. The third-order valence-corrected chi connectivity index (χ3v) is 3.52. The first-order valence-corrected chi connectivity index (χ1v) is 5.52. The van der Waals surface area contributed by atoms with Crippen molar-refractivity contribution in [3.05, 3.63) is 23.8 Å². The average molecular weight is 210 g/mol. The molecule has 1 atom stereocenters. The van der Waals surface area contributed by atoms with Gasteiger partial charge < -0.3 is 0 Å². The van der Waals surface area contributed by atoms with E-state index in [1.165, 1.54) is 0 Å². The van der Waals surface area contributed by atoms with Gasteiger partial charge in [0.25, 0.3) is 0 Å². The van der Waals surface area contributed by atoms with E-state index >= 15 is 0 Å². The summed E-state index contributed by atoms with van der Waals surface area (Å²) in [4.78, 5) is 13.6. The Kier molecular flexibility index (Phi) is 2.39. The van der Waals surface area contributed by atoms with Crippen LogP contribution in [-0.4, -0.2) is 11.0 Å². The van der Waals surface area contributed by atoms with Crippen LogP contribution in [0.15, 0.2) is 28.0 Å². The van der Waals surface area contributed by atoms with Gasteiger partial charge in [-0.15, -0.1) is 24.4 Å². The van der Waals surface area contributed by atoms with Crippen molar-refractivity contribution in [1.29, 1.82) is 0 Å². The van der Waals surface area contributed by atoms with Gasteiger partial charge in [0.05, 0.1) is 0 Å². The fourth-order valence-corrected chi connectivity index (χ4v) is 2.79. The quantitative estimate of drug-likeness (QED) is 0.663. The molecule has 1 aliphatic rings. The van der Waals surface area contributed by atoms with E-state index in [9.17, 15) is 4.79 Å². The van der Waals surface area contributed by atoms with Crippen molar-refractivity contribution in [2.75, 3.05) is 0 Å². The van der Waals surface area contributed by atoms with Gasteiger partial charge >= 0.3 is 0 Å². The minimum absolute atomic E-state index is 0.247. The molecular weight excluding hydrogens is 200 g/mol. The maximum absolute atomic E-state index is 11.6. The first-order chi connectivity index (χ1) is 6.16. The monoisotopic (exact) mass is 210 g/mol. The molecule has 3 heteroatoms. The van der Waals surface area contributed by atoms with E-state index in [1.54, 1.807) is 11.8 Å². The highest BCUT2D eigenvalue weighted by Crippen LogP contribution is 2.35. The number of ketones is 1. The van der Waals surface area contributed by atoms with E-state index in [1.807, 2.05) is 18.2 Å². The molecule has 2 rings (SSSR count). The number of fused-ring (bicyclic) bond motifs is 1. The second-order valence-electron chi connectivity index (χ2n) is 3.24. The molecule has 0 aromatic heterocycles. The lowest BCUT2D eigenvalue weighted by Crippen LogP contribution is -2.14. The highest BCUT2D eigenvalue weighted by Gasteiger charge is 2.22. The number of thioether (sulfide) groups is 1. The van der Waals surface area contributed by atoms with Gasteiger partial charge in [-0.05, 0) is 18.2 Å². The third kappa shape index (κ3) is 1.76. The predicted molar refractivity (Wildman–Crippen MR) is 58.0 cm³/mol. The highest BCUT2D eigenvalue weighted by molar-refractivity contribution is 8.00. The molecular formula is C10H10OS2. The van der Waals surface area contributed by atoms with Crippen LogP contribution in [0.1, 0.15) is 23.7 Å². The summed E-state index contributed by atoms with van der Waals surface area (Å²) in [7, 11) is 0. The summed E-state index contributed by atoms with van der Waals surface area (Å²) in [5, 5.41) is 0.408. The summed E-state index contributed by atoms with van der Waals surface area (Å²) in [6.07, 6.45) is 0.648. The first kappa shape index (κ1) is 9.16. The van der Waals surface area contributed by atoms with Crippen LogP contribution >= 0.6 is 24.4 Å². The first-order valence-electron chi connectivity index (χ1n) is 4.19. The Bertz CT molecular complexity index is 360. The SMILES string of the molecule is CC1CC(=O)c2cc(S)ccc2S1. The lowest BCUT2D eigenvalue weighted by molar-refractivity contribution is 0.0978. The minimum atomic E-state index is 0.247. The van der Waals surface area contributed by atoms with Crippen molar-refractivity contribution in [3.63, 3.8) is 0 Å². The molecule has 1 heterocycles. The van der Waals surface area contributed by atoms with Gasteiger partial charge in [0, 0.05) is 27.0 Å². The fraction of sp³-hybridized carbons (Fsp3) is 0.300. The summed E-state index contributed by atoms with van der Waals surface area (Å²) in [6, 6.07) is 5.77. The molecule has 0 amide bonds. The van der Waals surface area contributed by atoms with Crippen molar-refractivity contribution < 1.29 is 4.79 Å². The lowest BCUT2D eigenvalue weighted by Gasteiger charge is -2.19. The number of thiol groups is 1. The van der Waals surface area contributed by atoms with Crippen molar-refractivity contribution in [3.8, 4) is 0 Å². The van der Waals surface area contributed by atoms with Crippen LogP contribution < -0.4 is 0 Å². The summed E-state index contributed by atoms with van der Waals surface area (Å²) < 4.78 is 0. The van der Waals surface area contributed by atoms with Gasteiger partial charge in [-0.25, -0.2) is 0 Å². The Labute approximate surface area is 87.3 Å². The molecule has 1 aliphatic heterocycles. The number of Topliss-reactive ketones (excluding diaryl/α,β-unsaturated/α-hetero) is 1. The summed E-state index contributed by atoms with van der Waals surface area (Å²) in [5.74, 6) is 0.247. The number of carbonyl (C=O) groups is 1. The number of carbonyl (C=O) groups excluding carboxylic acids is 1. The third-order valence-electron chi connectivity index (χ3n) is 2.06. The lowest BCUT2D eigenvalue weighted by atomic mass is 10.1. The maximum atomic E-state index is 11.6. The second kappa shape index (κ2) is 3.39.